The number of hydrogen-bond donors (Lipinski definition) is 0. The van der Waals surface area contributed by atoms with Crippen LogP contribution in [-0.4, -0.2) is 29.0 Å². The highest BCUT2D eigenvalue weighted by Crippen LogP contribution is 2.26. The smallest absolute Gasteiger partial charge is 0.0953 e. The predicted octanol–water partition coefficient (Wildman–Crippen LogP) is 1.14. The number of aliphatic imine (C=N–C) groups is 1. The van der Waals surface area contributed by atoms with Gasteiger partial charge in [-0.3, -0.25) is 4.99 Å². The summed E-state index contributed by atoms with van der Waals surface area (Å²) in [5.74, 6) is 1.28. The first-order valence-electron chi connectivity index (χ1n) is 3.38. The fourth-order valence-corrected chi connectivity index (χ4v) is 2.29. The van der Waals surface area contributed by atoms with Gasteiger partial charge in [0, 0.05) is 5.75 Å². The van der Waals surface area contributed by atoms with Crippen molar-refractivity contribution in [3.05, 3.63) is 0 Å². The van der Waals surface area contributed by atoms with E-state index >= 15 is 0 Å². The highest BCUT2D eigenvalue weighted by molar-refractivity contribution is 7.97. The maximum atomic E-state index is 4.21. The Morgan fingerprint density at radius 2 is 2.67 bits per heavy atom. The Balaban J connectivity index is 2.03. The average Bonchev–Trinajstić information content (AvgIpc) is 2.33. The lowest BCUT2D eigenvalue weighted by Gasteiger charge is -2.26. The van der Waals surface area contributed by atoms with Gasteiger partial charge in [0.1, 0.15) is 0 Å². The maximum Gasteiger partial charge on any atom is 0.0953 e. The molecular formula is C6H10N2S. The van der Waals surface area contributed by atoms with Crippen molar-refractivity contribution in [2.24, 2.45) is 4.99 Å². The summed E-state index contributed by atoms with van der Waals surface area (Å²) in [6, 6.07) is 0.740. The monoisotopic (exact) mass is 142 g/mol. The number of nitrogens with zero attached hydrogens (tertiary/aromatic N) is 2. The van der Waals surface area contributed by atoms with E-state index in [9.17, 15) is 0 Å². The van der Waals surface area contributed by atoms with E-state index in [4.69, 9.17) is 0 Å². The van der Waals surface area contributed by atoms with Crippen molar-refractivity contribution in [3.63, 3.8) is 0 Å². The summed E-state index contributed by atoms with van der Waals surface area (Å²) < 4.78 is 2.30. The molecule has 3 heteroatoms. The van der Waals surface area contributed by atoms with Crippen molar-refractivity contribution < 1.29 is 0 Å². The Morgan fingerprint density at radius 1 is 1.67 bits per heavy atom. The van der Waals surface area contributed by atoms with Crippen molar-refractivity contribution in [2.75, 3.05) is 12.3 Å². The zero-order chi connectivity index (χ0) is 6.10. The van der Waals surface area contributed by atoms with Crippen LogP contribution in [0.4, 0.5) is 0 Å². The molecule has 0 saturated carbocycles. The van der Waals surface area contributed by atoms with Gasteiger partial charge >= 0.3 is 0 Å². The van der Waals surface area contributed by atoms with Crippen LogP contribution in [0.25, 0.3) is 0 Å². The third kappa shape index (κ3) is 0.936. The lowest BCUT2D eigenvalue weighted by Crippen LogP contribution is -2.29. The standard InChI is InChI=1S/C6H10N2S/c1-2-6-4-7-5-8(6)9-3-1/h5-6H,1-4H2. The molecule has 1 unspecified atom stereocenters. The van der Waals surface area contributed by atoms with Crippen LogP contribution in [0.2, 0.25) is 0 Å². The molecule has 0 aliphatic carbocycles. The minimum Gasteiger partial charge on any atom is -0.302 e. The molecule has 0 aromatic carbocycles. The van der Waals surface area contributed by atoms with Crippen molar-refractivity contribution in [3.8, 4) is 0 Å². The summed E-state index contributed by atoms with van der Waals surface area (Å²) in [6.07, 6.45) is 4.69. The van der Waals surface area contributed by atoms with E-state index in [0.29, 0.717) is 0 Å². The third-order valence-corrected chi connectivity index (χ3v) is 2.96. The molecule has 0 bridgehead atoms. The lowest BCUT2D eigenvalue weighted by atomic mass is 10.2. The first-order chi connectivity index (χ1) is 4.47. The van der Waals surface area contributed by atoms with Gasteiger partial charge in [0.25, 0.3) is 0 Å². The number of fused-ring (bicyclic) bond motifs is 1. The zero-order valence-electron chi connectivity index (χ0n) is 5.29. The number of hydrogen-bond acceptors (Lipinski definition) is 3. The summed E-state index contributed by atoms with van der Waals surface area (Å²) in [6.45, 7) is 1.03. The molecule has 0 radical (unpaired) electrons. The average molecular weight is 142 g/mol. The Hall–Kier alpha value is -0.180. The minimum absolute atomic E-state index is 0.740. The van der Waals surface area contributed by atoms with Crippen LogP contribution < -0.4 is 0 Å². The van der Waals surface area contributed by atoms with E-state index in [1.165, 1.54) is 18.6 Å². The quantitative estimate of drug-likeness (QED) is 0.471. The number of rotatable bonds is 0. The molecule has 2 nitrogen and oxygen atoms in total. The summed E-state index contributed by atoms with van der Waals surface area (Å²) in [4.78, 5) is 4.21. The van der Waals surface area contributed by atoms with Gasteiger partial charge in [0.05, 0.1) is 18.9 Å². The van der Waals surface area contributed by atoms with E-state index in [0.717, 1.165) is 12.6 Å². The molecule has 0 aromatic heterocycles. The van der Waals surface area contributed by atoms with Crippen LogP contribution in [0.3, 0.4) is 0 Å². The highest BCUT2D eigenvalue weighted by Gasteiger charge is 2.23. The molecule has 2 rings (SSSR count). The molecule has 9 heavy (non-hydrogen) atoms. The SMILES string of the molecule is C1=NCC2CCCSN12. The van der Waals surface area contributed by atoms with E-state index in [2.05, 4.69) is 9.30 Å². The predicted molar refractivity (Wildman–Crippen MR) is 40.7 cm³/mol. The van der Waals surface area contributed by atoms with Gasteiger partial charge in [-0.2, -0.15) is 0 Å². The Kier molecular flexibility index (Phi) is 1.38. The second-order valence-electron chi connectivity index (χ2n) is 2.47. The van der Waals surface area contributed by atoms with Gasteiger partial charge in [0.2, 0.25) is 0 Å². The molecule has 2 aliphatic heterocycles. The Morgan fingerprint density at radius 3 is 3.56 bits per heavy atom. The van der Waals surface area contributed by atoms with Crippen LogP contribution >= 0.6 is 11.9 Å². The van der Waals surface area contributed by atoms with Crippen LogP contribution in [0.1, 0.15) is 12.8 Å². The van der Waals surface area contributed by atoms with Crippen LogP contribution in [-0.2, 0) is 0 Å². The fraction of sp³-hybridized carbons (Fsp3) is 0.833. The van der Waals surface area contributed by atoms with Crippen molar-refractivity contribution in [1.29, 1.82) is 0 Å². The van der Waals surface area contributed by atoms with E-state index in [1.807, 2.05) is 18.3 Å². The summed E-state index contributed by atoms with van der Waals surface area (Å²) in [5, 5.41) is 0. The minimum atomic E-state index is 0.740. The largest absolute Gasteiger partial charge is 0.302 e. The molecule has 1 atom stereocenters. The zero-order valence-corrected chi connectivity index (χ0v) is 6.10. The van der Waals surface area contributed by atoms with Gasteiger partial charge in [-0.1, -0.05) is 0 Å². The molecule has 0 N–H and O–H groups in total. The molecule has 0 spiro atoms. The van der Waals surface area contributed by atoms with E-state index in [1.54, 1.807) is 0 Å². The van der Waals surface area contributed by atoms with Crippen molar-refractivity contribution in [2.45, 2.75) is 18.9 Å². The lowest BCUT2D eigenvalue weighted by molar-refractivity contribution is 0.466. The van der Waals surface area contributed by atoms with Crippen molar-refractivity contribution in [1.82, 2.24) is 4.31 Å². The summed E-state index contributed by atoms with van der Waals surface area (Å²) in [5.41, 5.74) is 0. The van der Waals surface area contributed by atoms with Crippen molar-refractivity contribution >= 4 is 18.3 Å². The first-order valence-corrected chi connectivity index (χ1v) is 4.32. The second kappa shape index (κ2) is 2.21. The van der Waals surface area contributed by atoms with Gasteiger partial charge in [-0.15, -0.1) is 0 Å². The van der Waals surface area contributed by atoms with Crippen LogP contribution in [0, 0.1) is 0 Å². The van der Waals surface area contributed by atoms with Gasteiger partial charge < -0.3 is 4.31 Å². The molecule has 0 aromatic rings. The van der Waals surface area contributed by atoms with Crippen LogP contribution in [0.5, 0.6) is 0 Å². The van der Waals surface area contributed by atoms with E-state index < -0.39 is 0 Å². The molecule has 2 heterocycles. The first kappa shape index (κ1) is 5.59. The summed E-state index contributed by atoms with van der Waals surface area (Å²) >= 11 is 1.92. The fourth-order valence-electron chi connectivity index (χ4n) is 1.27. The molecular weight excluding hydrogens is 132 g/mol. The highest BCUT2D eigenvalue weighted by atomic mass is 32.2. The molecule has 1 saturated heterocycles. The second-order valence-corrected chi connectivity index (χ2v) is 3.56. The van der Waals surface area contributed by atoms with Gasteiger partial charge in [-0.25, -0.2) is 0 Å². The third-order valence-electron chi connectivity index (χ3n) is 1.79. The molecule has 50 valence electrons. The van der Waals surface area contributed by atoms with Gasteiger partial charge in [0.15, 0.2) is 0 Å². The molecule has 0 amide bonds. The van der Waals surface area contributed by atoms with E-state index in [-0.39, 0.29) is 0 Å². The molecule has 1 fully saturated rings. The Labute approximate surface area is 59.5 Å². The van der Waals surface area contributed by atoms with Gasteiger partial charge in [-0.05, 0) is 24.8 Å². The normalized spacial score (nSPS) is 32.9. The van der Waals surface area contributed by atoms with Crippen LogP contribution in [0.15, 0.2) is 4.99 Å². The topological polar surface area (TPSA) is 15.6 Å². The maximum absolute atomic E-state index is 4.21. The summed E-state index contributed by atoms with van der Waals surface area (Å²) in [7, 11) is 0. The Bertz CT molecular complexity index is 135. The molecule has 2 aliphatic rings.